The molecule has 0 fully saturated rings. The highest BCUT2D eigenvalue weighted by atomic mass is 79.9. The van der Waals surface area contributed by atoms with Gasteiger partial charge in [0.05, 0.1) is 4.47 Å². The molecule has 0 spiro atoms. The summed E-state index contributed by atoms with van der Waals surface area (Å²) in [5.74, 6) is 0.680. The molecule has 144 valence electrons. The SMILES string of the molecule is CCC(C)c1ccc(OCC(=O)Nc2cccc(C(=O)N(C)C)c2)c(Br)c1. The Hall–Kier alpha value is -2.34. The van der Waals surface area contributed by atoms with Crippen LogP contribution in [0.5, 0.6) is 5.75 Å². The minimum Gasteiger partial charge on any atom is -0.483 e. The van der Waals surface area contributed by atoms with Crippen LogP contribution in [-0.4, -0.2) is 37.4 Å². The average Bonchev–Trinajstić information content (AvgIpc) is 2.65. The molecule has 0 aliphatic heterocycles. The van der Waals surface area contributed by atoms with Gasteiger partial charge in [-0.25, -0.2) is 0 Å². The summed E-state index contributed by atoms with van der Waals surface area (Å²) in [6, 6.07) is 12.7. The van der Waals surface area contributed by atoms with E-state index in [4.69, 9.17) is 4.74 Å². The zero-order valence-electron chi connectivity index (χ0n) is 16.1. The third-order valence-corrected chi connectivity index (χ3v) is 4.92. The Morgan fingerprint density at radius 1 is 1.19 bits per heavy atom. The Morgan fingerprint density at radius 2 is 1.93 bits per heavy atom. The molecule has 2 rings (SSSR count). The number of anilines is 1. The first-order chi connectivity index (χ1) is 12.8. The first-order valence-corrected chi connectivity index (χ1v) is 9.65. The number of ether oxygens (including phenoxy) is 1. The number of rotatable bonds is 7. The molecule has 0 heterocycles. The molecule has 2 aromatic carbocycles. The lowest BCUT2D eigenvalue weighted by Gasteiger charge is -2.13. The van der Waals surface area contributed by atoms with Crippen molar-refractivity contribution in [2.75, 3.05) is 26.0 Å². The summed E-state index contributed by atoms with van der Waals surface area (Å²) in [6.45, 7) is 4.20. The molecular weight excluding hydrogens is 408 g/mol. The highest BCUT2D eigenvalue weighted by Crippen LogP contribution is 2.30. The normalized spacial score (nSPS) is 11.6. The number of hydrogen-bond acceptors (Lipinski definition) is 3. The molecule has 6 heteroatoms. The summed E-state index contributed by atoms with van der Waals surface area (Å²) >= 11 is 3.50. The molecule has 0 aromatic heterocycles. The molecule has 1 unspecified atom stereocenters. The van der Waals surface area contributed by atoms with Gasteiger partial charge in [0.2, 0.25) is 0 Å². The summed E-state index contributed by atoms with van der Waals surface area (Å²) in [5, 5.41) is 2.75. The van der Waals surface area contributed by atoms with Crippen molar-refractivity contribution < 1.29 is 14.3 Å². The van der Waals surface area contributed by atoms with Crippen molar-refractivity contribution in [1.82, 2.24) is 4.90 Å². The molecular formula is C21H25BrN2O3. The Morgan fingerprint density at radius 3 is 2.56 bits per heavy atom. The van der Waals surface area contributed by atoms with Crippen LogP contribution >= 0.6 is 15.9 Å². The Kier molecular flexibility index (Phi) is 7.42. The topological polar surface area (TPSA) is 58.6 Å². The van der Waals surface area contributed by atoms with Gasteiger partial charge in [0.15, 0.2) is 6.61 Å². The summed E-state index contributed by atoms with van der Waals surface area (Å²) in [5.41, 5.74) is 2.30. The first kappa shape index (κ1) is 21.0. The largest absolute Gasteiger partial charge is 0.483 e. The molecule has 0 saturated carbocycles. The van der Waals surface area contributed by atoms with Crippen LogP contribution in [-0.2, 0) is 4.79 Å². The molecule has 1 N–H and O–H groups in total. The van der Waals surface area contributed by atoms with E-state index in [0.29, 0.717) is 22.9 Å². The van der Waals surface area contributed by atoms with E-state index in [1.54, 1.807) is 38.4 Å². The smallest absolute Gasteiger partial charge is 0.262 e. The average molecular weight is 433 g/mol. The quantitative estimate of drug-likeness (QED) is 0.690. The highest BCUT2D eigenvalue weighted by Gasteiger charge is 2.11. The Bertz CT molecular complexity index is 821. The van der Waals surface area contributed by atoms with E-state index in [1.165, 1.54) is 10.5 Å². The second-order valence-electron chi connectivity index (χ2n) is 6.62. The van der Waals surface area contributed by atoms with E-state index in [9.17, 15) is 9.59 Å². The second kappa shape index (κ2) is 9.55. The van der Waals surface area contributed by atoms with Crippen molar-refractivity contribution in [3.05, 3.63) is 58.1 Å². The van der Waals surface area contributed by atoms with Crippen molar-refractivity contribution in [1.29, 1.82) is 0 Å². The van der Waals surface area contributed by atoms with E-state index < -0.39 is 0 Å². The number of halogens is 1. The van der Waals surface area contributed by atoms with Crippen LogP contribution in [0, 0.1) is 0 Å². The fourth-order valence-corrected chi connectivity index (χ4v) is 3.02. The van der Waals surface area contributed by atoms with Gasteiger partial charge in [-0.05, 0) is 64.2 Å². The molecule has 0 radical (unpaired) electrons. The van der Waals surface area contributed by atoms with Gasteiger partial charge >= 0.3 is 0 Å². The van der Waals surface area contributed by atoms with E-state index in [2.05, 4.69) is 35.1 Å². The van der Waals surface area contributed by atoms with Crippen LogP contribution < -0.4 is 10.1 Å². The molecule has 0 aliphatic carbocycles. The highest BCUT2D eigenvalue weighted by molar-refractivity contribution is 9.10. The number of nitrogens with zero attached hydrogens (tertiary/aromatic N) is 1. The predicted molar refractivity (Wildman–Crippen MR) is 111 cm³/mol. The van der Waals surface area contributed by atoms with E-state index >= 15 is 0 Å². The predicted octanol–water partition coefficient (Wildman–Crippen LogP) is 4.68. The number of carbonyl (C=O) groups is 2. The molecule has 2 aromatic rings. The summed E-state index contributed by atoms with van der Waals surface area (Å²) in [7, 11) is 3.37. The van der Waals surface area contributed by atoms with Gasteiger partial charge in [-0.15, -0.1) is 0 Å². The van der Waals surface area contributed by atoms with Crippen molar-refractivity contribution in [3.63, 3.8) is 0 Å². The molecule has 0 bridgehead atoms. The maximum atomic E-state index is 12.2. The van der Waals surface area contributed by atoms with E-state index in [0.717, 1.165) is 10.9 Å². The number of carbonyl (C=O) groups excluding carboxylic acids is 2. The third-order valence-electron chi connectivity index (χ3n) is 4.30. The number of amides is 2. The minimum absolute atomic E-state index is 0.118. The van der Waals surface area contributed by atoms with Crippen LogP contribution in [0.3, 0.4) is 0 Å². The van der Waals surface area contributed by atoms with Gasteiger partial charge in [-0.1, -0.05) is 26.0 Å². The number of nitrogens with one attached hydrogen (secondary N) is 1. The fourth-order valence-electron chi connectivity index (χ4n) is 2.50. The van der Waals surface area contributed by atoms with E-state index in [1.807, 2.05) is 18.2 Å². The van der Waals surface area contributed by atoms with Crippen molar-refractivity contribution >= 4 is 33.4 Å². The van der Waals surface area contributed by atoms with Crippen LogP contribution in [0.25, 0.3) is 0 Å². The summed E-state index contributed by atoms with van der Waals surface area (Å²) in [4.78, 5) is 25.7. The van der Waals surface area contributed by atoms with Gasteiger partial charge in [-0.3, -0.25) is 9.59 Å². The molecule has 1 atom stereocenters. The van der Waals surface area contributed by atoms with Crippen molar-refractivity contribution in [2.45, 2.75) is 26.2 Å². The van der Waals surface area contributed by atoms with Gasteiger partial charge in [0.25, 0.3) is 11.8 Å². The van der Waals surface area contributed by atoms with Crippen LogP contribution in [0.4, 0.5) is 5.69 Å². The third kappa shape index (κ3) is 5.82. The maximum Gasteiger partial charge on any atom is 0.262 e. The van der Waals surface area contributed by atoms with Crippen LogP contribution in [0.1, 0.15) is 42.1 Å². The van der Waals surface area contributed by atoms with Gasteiger partial charge in [0, 0.05) is 25.3 Å². The standard InChI is InChI=1S/C21H25BrN2O3/c1-5-14(2)15-9-10-19(18(22)12-15)27-13-20(25)23-17-8-6-7-16(11-17)21(26)24(3)4/h6-12,14H,5,13H2,1-4H3,(H,23,25). The van der Waals surface area contributed by atoms with Crippen molar-refractivity contribution in [3.8, 4) is 5.75 Å². The molecule has 0 aliphatic rings. The van der Waals surface area contributed by atoms with Crippen LogP contribution in [0.2, 0.25) is 0 Å². The Balaban J connectivity index is 1.97. The molecule has 5 nitrogen and oxygen atoms in total. The maximum absolute atomic E-state index is 12.2. The van der Waals surface area contributed by atoms with Crippen molar-refractivity contribution in [2.24, 2.45) is 0 Å². The summed E-state index contributed by atoms with van der Waals surface area (Å²) < 4.78 is 6.45. The van der Waals surface area contributed by atoms with Crippen LogP contribution in [0.15, 0.2) is 46.9 Å². The molecule has 27 heavy (non-hydrogen) atoms. The molecule has 0 saturated heterocycles. The summed E-state index contributed by atoms with van der Waals surface area (Å²) in [6.07, 6.45) is 1.06. The zero-order valence-corrected chi connectivity index (χ0v) is 17.7. The van der Waals surface area contributed by atoms with Gasteiger partial charge in [0.1, 0.15) is 5.75 Å². The van der Waals surface area contributed by atoms with Gasteiger partial charge in [-0.2, -0.15) is 0 Å². The second-order valence-corrected chi connectivity index (χ2v) is 7.47. The lowest BCUT2D eigenvalue weighted by molar-refractivity contribution is -0.118. The fraction of sp³-hybridized carbons (Fsp3) is 0.333. The monoisotopic (exact) mass is 432 g/mol. The van der Waals surface area contributed by atoms with Gasteiger partial charge < -0.3 is 15.0 Å². The first-order valence-electron chi connectivity index (χ1n) is 8.85. The number of benzene rings is 2. The lowest BCUT2D eigenvalue weighted by atomic mass is 9.99. The van der Waals surface area contributed by atoms with E-state index in [-0.39, 0.29) is 18.4 Å². The zero-order chi connectivity index (χ0) is 20.0. The molecule has 2 amide bonds. The lowest BCUT2D eigenvalue weighted by Crippen LogP contribution is -2.23. The number of hydrogen-bond donors (Lipinski definition) is 1. The Labute approximate surface area is 168 Å². The minimum atomic E-state index is -0.289.